The third-order valence-electron chi connectivity index (χ3n) is 2.29. The summed E-state index contributed by atoms with van der Waals surface area (Å²) in [5.41, 5.74) is 0.862. The molecule has 2 rings (SSSR count). The summed E-state index contributed by atoms with van der Waals surface area (Å²) in [4.78, 5) is 0.922. The van der Waals surface area contributed by atoms with Gasteiger partial charge in [-0.05, 0) is 33.4 Å². The number of halogens is 1. The van der Waals surface area contributed by atoms with Crippen molar-refractivity contribution >= 4 is 27.3 Å². The van der Waals surface area contributed by atoms with Crippen molar-refractivity contribution in [2.24, 2.45) is 0 Å². The van der Waals surface area contributed by atoms with Crippen LogP contribution < -0.4 is 0 Å². The van der Waals surface area contributed by atoms with E-state index < -0.39 is 6.10 Å². The highest BCUT2D eigenvalue weighted by molar-refractivity contribution is 9.10. The number of aliphatic hydroxyl groups excluding tert-OH is 1. The van der Waals surface area contributed by atoms with E-state index in [1.54, 1.807) is 6.26 Å². The van der Waals surface area contributed by atoms with Crippen LogP contribution in [0.4, 0.5) is 0 Å². The predicted molar refractivity (Wildman–Crippen MR) is 64.2 cm³/mol. The van der Waals surface area contributed by atoms with E-state index >= 15 is 0 Å². The molecule has 0 fully saturated rings. The fraction of sp³-hybridized carbons (Fsp3) is 0.273. The smallest absolute Gasteiger partial charge is 0.118 e. The molecule has 0 amide bonds. The number of rotatable bonds is 3. The fourth-order valence-electron chi connectivity index (χ4n) is 1.52. The van der Waals surface area contributed by atoms with Gasteiger partial charge in [0.15, 0.2) is 0 Å². The van der Waals surface area contributed by atoms with E-state index in [-0.39, 0.29) is 0 Å². The number of hydrogen-bond donors (Lipinski definition) is 1. The maximum absolute atomic E-state index is 10.2. The van der Waals surface area contributed by atoms with Crippen LogP contribution in [0, 0.1) is 0 Å². The number of hydrogen-bond acceptors (Lipinski definition) is 3. The topological polar surface area (TPSA) is 33.4 Å². The lowest BCUT2D eigenvalue weighted by molar-refractivity contribution is 0.220. The molecule has 0 aromatic carbocycles. The minimum atomic E-state index is -0.590. The zero-order valence-electron chi connectivity index (χ0n) is 8.24. The first-order valence-electron chi connectivity index (χ1n) is 4.71. The molecule has 1 atom stereocenters. The van der Waals surface area contributed by atoms with Crippen LogP contribution >= 0.6 is 27.3 Å². The minimum absolute atomic E-state index is 0.590. The monoisotopic (exact) mass is 286 g/mol. The molecule has 15 heavy (non-hydrogen) atoms. The van der Waals surface area contributed by atoms with Gasteiger partial charge >= 0.3 is 0 Å². The van der Waals surface area contributed by atoms with Crippen molar-refractivity contribution in [2.75, 3.05) is 0 Å². The van der Waals surface area contributed by atoms with Crippen LogP contribution in [0.25, 0.3) is 0 Å². The molecule has 80 valence electrons. The van der Waals surface area contributed by atoms with E-state index in [2.05, 4.69) is 15.9 Å². The van der Waals surface area contributed by atoms with E-state index in [9.17, 15) is 5.11 Å². The Morgan fingerprint density at radius 3 is 2.93 bits per heavy atom. The maximum Gasteiger partial charge on any atom is 0.118 e. The Labute approximate surface area is 101 Å². The van der Waals surface area contributed by atoms with Crippen LogP contribution in [0.2, 0.25) is 0 Å². The summed E-state index contributed by atoms with van der Waals surface area (Å²) < 4.78 is 6.25. The molecular weight excluding hydrogens is 276 g/mol. The lowest BCUT2D eigenvalue weighted by atomic mass is 10.1. The van der Waals surface area contributed by atoms with Crippen molar-refractivity contribution in [3.05, 3.63) is 44.4 Å². The van der Waals surface area contributed by atoms with Crippen molar-refractivity contribution in [1.29, 1.82) is 0 Å². The molecule has 0 saturated heterocycles. The van der Waals surface area contributed by atoms with E-state index in [1.165, 1.54) is 11.3 Å². The summed E-state index contributed by atoms with van der Waals surface area (Å²) in [6, 6.07) is 3.77. The van der Waals surface area contributed by atoms with E-state index in [0.29, 0.717) is 0 Å². The van der Waals surface area contributed by atoms with Gasteiger partial charge in [0.1, 0.15) is 11.9 Å². The molecule has 0 saturated carbocycles. The second-order valence-corrected chi connectivity index (χ2v) is 4.99. The van der Waals surface area contributed by atoms with Crippen LogP contribution in [0.5, 0.6) is 0 Å². The molecule has 1 unspecified atom stereocenters. The molecular formula is C11H11BrO2S. The predicted octanol–water partition coefficient (Wildman–Crippen LogP) is 3.75. The average Bonchev–Trinajstić information content (AvgIpc) is 2.84. The normalized spacial score (nSPS) is 13.0. The van der Waals surface area contributed by atoms with Crippen molar-refractivity contribution in [3.8, 4) is 0 Å². The highest BCUT2D eigenvalue weighted by atomic mass is 79.9. The SMILES string of the molecule is CCc1occc1C(O)c1sccc1Br. The van der Waals surface area contributed by atoms with Crippen LogP contribution in [-0.2, 0) is 6.42 Å². The third-order valence-corrected chi connectivity index (χ3v) is 4.21. The molecule has 2 heterocycles. The molecule has 2 aromatic rings. The van der Waals surface area contributed by atoms with E-state index in [4.69, 9.17) is 4.42 Å². The highest BCUT2D eigenvalue weighted by Crippen LogP contribution is 2.34. The Morgan fingerprint density at radius 1 is 1.53 bits per heavy atom. The molecule has 0 aliphatic carbocycles. The summed E-state index contributed by atoms with van der Waals surface area (Å²) in [5, 5.41) is 12.1. The largest absolute Gasteiger partial charge is 0.469 e. The highest BCUT2D eigenvalue weighted by Gasteiger charge is 2.19. The quantitative estimate of drug-likeness (QED) is 0.932. The van der Waals surface area contributed by atoms with Gasteiger partial charge < -0.3 is 9.52 Å². The molecule has 4 heteroatoms. The number of thiophene rings is 1. The molecule has 2 nitrogen and oxygen atoms in total. The van der Waals surface area contributed by atoms with Crippen molar-refractivity contribution < 1.29 is 9.52 Å². The summed E-state index contributed by atoms with van der Waals surface area (Å²) in [6.45, 7) is 2.01. The Balaban J connectivity index is 2.36. The van der Waals surface area contributed by atoms with Gasteiger partial charge in [-0.1, -0.05) is 6.92 Å². The van der Waals surface area contributed by atoms with Gasteiger partial charge in [-0.2, -0.15) is 0 Å². The Morgan fingerprint density at radius 2 is 2.33 bits per heavy atom. The lowest BCUT2D eigenvalue weighted by Gasteiger charge is -2.08. The number of aryl methyl sites for hydroxylation is 1. The third kappa shape index (κ3) is 2.02. The average molecular weight is 287 g/mol. The first-order chi connectivity index (χ1) is 7.24. The molecule has 2 aromatic heterocycles. The Bertz CT molecular complexity index is 447. The summed E-state index contributed by atoms with van der Waals surface area (Å²) in [7, 11) is 0. The van der Waals surface area contributed by atoms with Crippen molar-refractivity contribution in [3.63, 3.8) is 0 Å². The fourth-order valence-corrected chi connectivity index (χ4v) is 3.11. The minimum Gasteiger partial charge on any atom is -0.469 e. The molecule has 0 aliphatic rings. The van der Waals surface area contributed by atoms with Crippen molar-refractivity contribution in [1.82, 2.24) is 0 Å². The Kier molecular flexibility index (Phi) is 3.29. The number of aliphatic hydroxyl groups is 1. The summed E-state index contributed by atoms with van der Waals surface area (Å²) >= 11 is 4.96. The second-order valence-electron chi connectivity index (χ2n) is 3.19. The molecule has 0 aliphatic heterocycles. The van der Waals surface area contributed by atoms with Gasteiger partial charge in [-0.3, -0.25) is 0 Å². The standard InChI is InChI=1S/C11H11BrO2S/c1-2-9-7(3-5-14-9)10(13)11-8(12)4-6-15-11/h3-6,10,13H,2H2,1H3. The molecule has 0 radical (unpaired) electrons. The summed E-state index contributed by atoms with van der Waals surface area (Å²) in [6.07, 6.45) is 1.83. The van der Waals surface area contributed by atoms with Gasteiger partial charge in [0.05, 0.1) is 11.1 Å². The second kappa shape index (κ2) is 4.51. The molecule has 0 bridgehead atoms. The molecule has 0 spiro atoms. The number of furan rings is 1. The van der Waals surface area contributed by atoms with Gasteiger partial charge in [-0.25, -0.2) is 0 Å². The van der Waals surface area contributed by atoms with E-state index in [0.717, 1.165) is 27.1 Å². The van der Waals surface area contributed by atoms with Gasteiger partial charge in [0.25, 0.3) is 0 Å². The van der Waals surface area contributed by atoms with Crippen LogP contribution in [0.3, 0.4) is 0 Å². The molecule has 1 N–H and O–H groups in total. The zero-order chi connectivity index (χ0) is 10.8. The lowest BCUT2D eigenvalue weighted by Crippen LogP contribution is -1.99. The van der Waals surface area contributed by atoms with E-state index in [1.807, 2.05) is 24.4 Å². The van der Waals surface area contributed by atoms with Crippen LogP contribution in [0.15, 0.2) is 32.7 Å². The van der Waals surface area contributed by atoms with Gasteiger partial charge in [0.2, 0.25) is 0 Å². The maximum atomic E-state index is 10.2. The summed E-state index contributed by atoms with van der Waals surface area (Å²) in [5.74, 6) is 0.850. The first kappa shape index (κ1) is 10.9. The van der Waals surface area contributed by atoms with Crippen LogP contribution in [0.1, 0.15) is 29.2 Å². The van der Waals surface area contributed by atoms with Crippen LogP contribution in [-0.4, -0.2) is 5.11 Å². The zero-order valence-corrected chi connectivity index (χ0v) is 10.6. The van der Waals surface area contributed by atoms with Gasteiger partial charge in [0, 0.05) is 16.5 Å². The first-order valence-corrected chi connectivity index (χ1v) is 6.38. The van der Waals surface area contributed by atoms with Gasteiger partial charge in [-0.15, -0.1) is 11.3 Å². The Hall–Kier alpha value is -0.580. The van der Waals surface area contributed by atoms with Crippen molar-refractivity contribution in [2.45, 2.75) is 19.4 Å².